The highest BCUT2D eigenvalue weighted by molar-refractivity contribution is 5.70. The molecule has 2 aromatic carbocycles. The lowest BCUT2D eigenvalue weighted by molar-refractivity contribution is 0.0240. The van der Waals surface area contributed by atoms with Gasteiger partial charge in [0.05, 0.1) is 18.5 Å². The zero-order valence-electron chi connectivity index (χ0n) is 26.0. The molecule has 0 saturated carbocycles. The summed E-state index contributed by atoms with van der Waals surface area (Å²) in [5.74, 6) is 1.07. The number of pyridine rings is 1. The third-order valence-electron chi connectivity index (χ3n) is 7.21. The van der Waals surface area contributed by atoms with Crippen molar-refractivity contribution in [3.05, 3.63) is 85.2 Å². The summed E-state index contributed by atoms with van der Waals surface area (Å²) in [6.07, 6.45) is 4.61. The first-order valence-electron chi connectivity index (χ1n) is 14.8. The Labute approximate surface area is 265 Å². The Morgan fingerprint density at radius 3 is 2.37 bits per heavy atom. The molecular formula is C33H34FN9O3. The van der Waals surface area contributed by atoms with Crippen molar-refractivity contribution in [2.24, 2.45) is 0 Å². The Hall–Kier alpha value is -5.59. The van der Waals surface area contributed by atoms with Gasteiger partial charge < -0.3 is 24.6 Å². The van der Waals surface area contributed by atoms with Gasteiger partial charge in [-0.05, 0) is 75.4 Å². The standard InChI is InChI=1S/C33H34FN9O3/c1-33(2,3)46-32(44)42-15-13-41(14-16-42)27-18-23(17-24(34)19-27)28-11-12-35-31(39-28)38-25-6-8-26(9-7-25)43-21-37-30(40-43)22-5-10-29(45-4)36-20-22/h5-12,17-21H,13-16H2,1-4H3,(H,35,38,39). The van der Waals surface area contributed by atoms with Crippen LogP contribution >= 0.6 is 0 Å². The van der Waals surface area contributed by atoms with Crippen LogP contribution in [0.15, 0.2) is 79.4 Å². The molecule has 0 spiro atoms. The van der Waals surface area contributed by atoms with Crippen LogP contribution in [0, 0.1) is 5.82 Å². The normalized spacial score (nSPS) is 13.4. The van der Waals surface area contributed by atoms with Gasteiger partial charge in [-0.2, -0.15) is 0 Å². The summed E-state index contributed by atoms with van der Waals surface area (Å²) in [6, 6.07) is 17.8. The number of aromatic nitrogens is 6. The molecule has 1 amide bonds. The maximum Gasteiger partial charge on any atom is 0.410 e. The molecule has 1 saturated heterocycles. The van der Waals surface area contributed by atoms with Gasteiger partial charge in [-0.15, -0.1) is 5.10 Å². The third-order valence-corrected chi connectivity index (χ3v) is 7.21. The topological polar surface area (TPSA) is 123 Å². The molecule has 0 aliphatic carbocycles. The van der Waals surface area contributed by atoms with Crippen LogP contribution in [0.2, 0.25) is 0 Å². The van der Waals surface area contributed by atoms with Gasteiger partial charge in [0.2, 0.25) is 11.8 Å². The van der Waals surface area contributed by atoms with Gasteiger partial charge in [-0.1, -0.05) is 0 Å². The molecule has 0 unspecified atom stereocenters. The number of nitrogens with one attached hydrogen (secondary N) is 1. The lowest BCUT2D eigenvalue weighted by atomic mass is 10.1. The molecule has 3 aromatic heterocycles. The molecule has 0 atom stereocenters. The minimum atomic E-state index is -0.556. The van der Waals surface area contributed by atoms with Crippen LogP contribution in [-0.4, -0.2) is 79.6 Å². The monoisotopic (exact) mass is 623 g/mol. The summed E-state index contributed by atoms with van der Waals surface area (Å²) < 4.78 is 27.1. The number of hydrogen-bond acceptors (Lipinski definition) is 10. The van der Waals surface area contributed by atoms with Crippen LogP contribution in [0.25, 0.3) is 28.3 Å². The smallest absolute Gasteiger partial charge is 0.410 e. The van der Waals surface area contributed by atoms with E-state index < -0.39 is 5.60 Å². The minimum Gasteiger partial charge on any atom is -0.481 e. The van der Waals surface area contributed by atoms with E-state index in [1.54, 1.807) is 47.5 Å². The van der Waals surface area contributed by atoms with E-state index in [0.29, 0.717) is 55.1 Å². The predicted molar refractivity (Wildman–Crippen MR) is 172 cm³/mol. The Balaban J connectivity index is 1.11. The molecule has 13 heteroatoms. The van der Waals surface area contributed by atoms with Crippen molar-refractivity contribution >= 4 is 23.4 Å². The number of methoxy groups -OCH3 is 1. The van der Waals surface area contributed by atoms with Crippen molar-refractivity contribution in [2.45, 2.75) is 26.4 Å². The SMILES string of the molecule is COc1ccc(-c2ncn(-c3ccc(Nc4nccc(-c5cc(F)cc(N6CCN(C(=O)OC(C)(C)C)CC6)c5)n4)cc3)n2)cn1. The molecule has 6 rings (SSSR count). The highest BCUT2D eigenvalue weighted by Crippen LogP contribution is 2.28. The third kappa shape index (κ3) is 7.20. The molecule has 4 heterocycles. The van der Waals surface area contributed by atoms with E-state index in [2.05, 4.69) is 35.3 Å². The number of rotatable bonds is 7. The van der Waals surface area contributed by atoms with E-state index in [1.165, 1.54) is 12.1 Å². The van der Waals surface area contributed by atoms with Crippen molar-refractivity contribution in [1.29, 1.82) is 0 Å². The molecule has 1 N–H and O–H groups in total. The van der Waals surface area contributed by atoms with Gasteiger partial charge in [0.25, 0.3) is 0 Å². The Morgan fingerprint density at radius 1 is 0.891 bits per heavy atom. The summed E-state index contributed by atoms with van der Waals surface area (Å²) in [5, 5.41) is 7.78. The fraction of sp³-hybridized carbons (Fsp3) is 0.273. The zero-order chi connectivity index (χ0) is 32.3. The molecule has 12 nitrogen and oxygen atoms in total. The average Bonchev–Trinajstić information content (AvgIpc) is 3.55. The number of amides is 1. The number of carbonyl (C=O) groups excluding carboxylic acids is 1. The van der Waals surface area contributed by atoms with E-state index in [9.17, 15) is 9.18 Å². The molecular weight excluding hydrogens is 589 g/mol. The maximum atomic E-state index is 14.8. The van der Waals surface area contributed by atoms with Gasteiger partial charge in [0.1, 0.15) is 17.7 Å². The van der Waals surface area contributed by atoms with Gasteiger partial charge in [0.15, 0.2) is 5.82 Å². The predicted octanol–water partition coefficient (Wildman–Crippen LogP) is 5.73. The molecule has 0 bridgehead atoms. The second-order valence-electron chi connectivity index (χ2n) is 11.7. The molecule has 236 valence electrons. The van der Waals surface area contributed by atoms with E-state index in [0.717, 1.165) is 22.6 Å². The molecule has 1 aliphatic heterocycles. The summed E-state index contributed by atoms with van der Waals surface area (Å²) >= 11 is 0. The minimum absolute atomic E-state index is 0.335. The summed E-state index contributed by atoms with van der Waals surface area (Å²) in [4.78, 5) is 33.8. The van der Waals surface area contributed by atoms with E-state index in [4.69, 9.17) is 9.47 Å². The first-order chi connectivity index (χ1) is 22.1. The van der Waals surface area contributed by atoms with Crippen molar-refractivity contribution in [1.82, 2.24) is 34.6 Å². The number of hydrogen-bond donors (Lipinski definition) is 1. The molecule has 1 aliphatic rings. The molecule has 0 radical (unpaired) electrons. The number of ether oxygens (including phenoxy) is 2. The van der Waals surface area contributed by atoms with Crippen LogP contribution in [0.1, 0.15) is 20.8 Å². The quantitative estimate of drug-likeness (QED) is 0.240. The first kappa shape index (κ1) is 30.4. The fourth-order valence-corrected chi connectivity index (χ4v) is 4.94. The van der Waals surface area contributed by atoms with Gasteiger partial charge >= 0.3 is 6.09 Å². The van der Waals surface area contributed by atoms with E-state index in [1.807, 2.05) is 57.2 Å². The summed E-state index contributed by atoms with van der Waals surface area (Å²) in [7, 11) is 1.57. The largest absolute Gasteiger partial charge is 0.481 e. The summed E-state index contributed by atoms with van der Waals surface area (Å²) in [6.45, 7) is 7.62. The second-order valence-corrected chi connectivity index (χ2v) is 11.7. The van der Waals surface area contributed by atoms with Gasteiger partial charge in [-0.3, -0.25) is 0 Å². The number of nitrogens with zero attached hydrogens (tertiary/aromatic N) is 8. The van der Waals surface area contributed by atoms with Crippen molar-refractivity contribution in [3.8, 4) is 34.2 Å². The number of carbonyl (C=O) groups is 1. The number of anilines is 3. The van der Waals surface area contributed by atoms with E-state index >= 15 is 0 Å². The van der Waals surface area contributed by atoms with Crippen molar-refractivity contribution in [3.63, 3.8) is 0 Å². The van der Waals surface area contributed by atoms with Crippen LogP contribution in [-0.2, 0) is 4.74 Å². The Bertz CT molecular complexity index is 1810. The Morgan fingerprint density at radius 2 is 1.67 bits per heavy atom. The fourth-order valence-electron chi connectivity index (χ4n) is 4.94. The molecule has 1 fully saturated rings. The van der Waals surface area contributed by atoms with Crippen LogP contribution in [0.4, 0.5) is 26.5 Å². The zero-order valence-corrected chi connectivity index (χ0v) is 26.0. The Kier molecular flexibility index (Phi) is 8.47. The van der Waals surface area contributed by atoms with Crippen molar-refractivity contribution in [2.75, 3.05) is 43.5 Å². The van der Waals surface area contributed by atoms with Crippen LogP contribution in [0.3, 0.4) is 0 Å². The van der Waals surface area contributed by atoms with Gasteiger partial charge in [-0.25, -0.2) is 33.8 Å². The average molecular weight is 624 g/mol. The summed E-state index contributed by atoms with van der Waals surface area (Å²) in [5.41, 5.74) is 3.73. The van der Waals surface area contributed by atoms with Crippen LogP contribution < -0.4 is 15.0 Å². The lowest BCUT2D eigenvalue weighted by Crippen LogP contribution is -2.50. The van der Waals surface area contributed by atoms with Crippen molar-refractivity contribution < 1.29 is 18.7 Å². The maximum absolute atomic E-state index is 14.8. The highest BCUT2D eigenvalue weighted by atomic mass is 19.1. The highest BCUT2D eigenvalue weighted by Gasteiger charge is 2.26. The second kappa shape index (κ2) is 12.8. The first-order valence-corrected chi connectivity index (χ1v) is 14.8. The number of piperazine rings is 1. The van der Waals surface area contributed by atoms with Gasteiger partial charge in [0, 0.05) is 67.1 Å². The molecule has 5 aromatic rings. The molecule has 46 heavy (non-hydrogen) atoms. The van der Waals surface area contributed by atoms with E-state index in [-0.39, 0.29) is 11.9 Å². The number of benzene rings is 2. The lowest BCUT2D eigenvalue weighted by Gasteiger charge is -2.36. The van der Waals surface area contributed by atoms with Crippen LogP contribution in [0.5, 0.6) is 5.88 Å². The number of halogens is 1.